The van der Waals surface area contributed by atoms with Gasteiger partial charge in [0.2, 0.25) is 0 Å². The van der Waals surface area contributed by atoms with E-state index in [-0.39, 0.29) is 12.1 Å². The smallest absolute Gasteiger partial charge is 0.319 e. The van der Waals surface area contributed by atoms with E-state index < -0.39 is 0 Å². The predicted octanol–water partition coefficient (Wildman–Crippen LogP) is 4.04. The van der Waals surface area contributed by atoms with Gasteiger partial charge in [-0.05, 0) is 63.7 Å². The number of nitrogens with one attached hydrogen (secondary N) is 2. The molecule has 0 saturated heterocycles. The van der Waals surface area contributed by atoms with Crippen LogP contribution in [0.5, 0.6) is 5.75 Å². The van der Waals surface area contributed by atoms with Crippen molar-refractivity contribution in [2.45, 2.75) is 26.8 Å². The Kier molecular flexibility index (Phi) is 6.64. The van der Waals surface area contributed by atoms with Gasteiger partial charge in [0.15, 0.2) is 0 Å². The molecule has 2 rings (SSSR count). The molecule has 0 spiro atoms. The van der Waals surface area contributed by atoms with Crippen molar-refractivity contribution in [2.75, 3.05) is 33.1 Å². The molecule has 0 heterocycles. The summed E-state index contributed by atoms with van der Waals surface area (Å²) in [6.07, 6.45) is 0. The third-order valence-electron chi connectivity index (χ3n) is 4.50. The van der Waals surface area contributed by atoms with E-state index in [0.717, 1.165) is 28.1 Å². The number of hydrogen-bond donors (Lipinski definition) is 2. The normalized spacial score (nSPS) is 12.0. The number of amides is 2. The Morgan fingerprint density at radius 3 is 2.15 bits per heavy atom. The van der Waals surface area contributed by atoms with E-state index in [1.807, 2.05) is 52.2 Å². The van der Waals surface area contributed by atoms with Crippen molar-refractivity contribution < 1.29 is 9.53 Å². The molecule has 2 aromatic rings. The lowest BCUT2D eigenvalue weighted by Gasteiger charge is -2.25. The van der Waals surface area contributed by atoms with Crippen LogP contribution in [0.3, 0.4) is 0 Å². The third-order valence-corrected chi connectivity index (χ3v) is 4.50. The molecule has 1 unspecified atom stereocenters. The van der Waals surface area contributed by atoms with E-state index in [9.17, 15) is 4.79 Å². The average molecular weight is 355 g/mol. The summed E-state index contributed by atoms with van der Waals surface area (Å²) in [5.41, 5.74) is 5.32. The first-order valence-corrected chi connectivity index (χ1v) is 8.75. The molecule has 0 radical (unpaired) electrons. The molecule has 0 saturated carbocycles. The number of rotatable bonds is 6. The Hall–Kier alpha value is -2.53. The van der Waals surface area contributed by atoms with Gasteiger partial charge in [-0.15, -0.1) is 0 Å². The maximum absolute atomic E-state index is 12.4. The maximum atomic E-state index is 12.4. The van der Waals surface area contributed by atoms with Gasteiger partial charge in [0.05, 0.1) is 13.2 Å². The van der Waals surface area contributed by atoms with Crippen molar-refractivity contribution in [3.8, 4) is 5.75 Å². The number of likely N-dealkylation sites (N-methyl/N-ethyl adjacent to an activating group) is 1. The number of anilines is 1. The van der Waals surface area contributed by atoms with Crippen LogP contribution in [0.1, 0.15) is 28.3 Å². The molecule has 26 heavy (non-hydrogen) atoms. The Morgan fingerprint density at radius 1 is 1.08 bits per heavy atom. The van der Waals surface area contributed by atoms with Crippen LogP contribution in [0.2, 0.25) is 0 Å². The van der Waals surface area contributed by atoms with Crippen molar-refractivity contribution in [3.05, 3.63) is 58.7 Å². The molecule has 140 valence electrons. The van der Waals surface area contributed by atoms with Crippen molar-refractivity contribution >= 4 is 11.7 Å². The van der Waals surface area contributed by atoms with Crippen LogP contribution >= 0.6 is 0 Å². The first-order valence-electron chi connectivity index (χ1n) is 8.75. The zero-order chi connectivity index (χ0) is 19.3. The van der Waals surface area contributed by atoms with E-state index in [0.29, 0.717) is 6.54 Å². The molecular formula is C21H29N3O2. The lowest BCUT2D eigenvalue weighted by molar-refractivity contribution is 0.243. The highest BCUT2D eigenvalue weighted by Crippen LogP contribution is 2.23. The molecule has 2 N–H and O–H groups in total. The quantitative estimate of drug-likeness (QED) is 0.822. The topological polar surface area (TPSA) is 53.6 Å². The zero-order valence-corrected chi connectivity index (χ0v) is 16.5. The Bertz CT molecular complexity index is 731. The summed E-state index contributed by atoms with van der Waals surface area (Å²) in [5.74, 6) is 0.822. The fraction of sp³-hybridized carbons (Fsp3) is 0.381. The number of methoxy groups -OCH3 is 1. The summed E-state index contributed by atoms with van der Waals surface area (Å²) in [6, 6.07) is 11.9. The number of urea groups is 1. The van der Waals surface area contributed by atoms with Crippen molar-refractivity contribution in [2.24, 2.45) is 0 Å². The average Bonchev–Trinajstić information content (AvgIpc) is 2.58. The van der Waals surface area contributed by atoms with Crippen molar-refractivity contribution in [3.63, 3.8) is 0 Å². The molecule has 5 nitrogen and oxygen atoms in total. The van der Waals surface area contributed by atoms with Crippen LogP contribution in [0, 0.1) is 20.8 Å². The van der Waals surface area contributed by atoms with Crippen LogP contribution in [0.25, 0.3) is 0 Å². The first kappa shape index (κ1) is 19.8. The fourth-order valence-corrected chi connectivity index (χ4v) is 3.15. The van der Waals surface area contributed by atoms with Gasteiger partial charge in [-0.2, -0.15) is 0 Å². The lowest BCUT2D eigenvalue weighted by atomic mass is 10.1. The second-order valence-corrected chi connectivity index (χ2v) is 6.86. The van der Waals surface area contributed by atoms with E-state index in [4.69, 9.17) is 4.74 Å². The molecule has 2 amide bonds. The fourth-order valence-electron chi connectivity index (χ4n) is 3.15. The largest absolute Gasteiger partial charge is 0.497 e. The lowest BCUT2D eigenvalue weighted by Crippen LogP contribution is -2.37. The number of aryl methyl sites for hydroxylation is 3. The molecule has 5 heteroatoms. The van der Waals surface area contributed by atoms with Gasteiger partial charge < -0.3 is 20.3 Å². The standard InChI is InChI=1S/C21H29N3O2/c1-14-11-15(2)20(16(3)12-14)23-21(25)22-13-19(24(4)5)17-7-9-18(26-6)10-8-17/h7-12,19H,13H2,1-6H3,(H2,22,23,25). The number of ether oxygens (including phenoxy) is 1. The van der Waals surface area contributed by atoms with Gasteiger partial charge in [0.1, 0.15) is 5.75 Å². The molecule has 0 aliphatic heterocycles. The van der Waals surface area contributed by atoms with Crippen LogP contribution in [0.15, 0.2) is 36.4 Å². The highest BCUT2D eigenvalue weighted by Gasteiger charge is 2.16. The maximum Gasteiger partial charge on any atom is 0.319 e. The Morgan fingerprint density at radius 2 is 1.65 bits per heavy atom. The SMILES string of the molecule is COc1ccc(C(CNC(=O)Nc2c(C)cc(C)cc2C)N(C)C)cc1. The predicted molar refractivity (Wildman–Crippen MR) is 107 cm³/mol. The van der Waals surface area contributed by atoms with E-state index in [1.165, 1.54) is 5.56 Å². The van der Waals surface area contributed by atoms with Crippen LogP contribution < -0.4 is 15.4 Å². The molecule has 0 bridgehead atoms. The van der Waals surface area contributed by atoms with Gasteiger partial charge >= 0.3 is 6.03 Å². The van der Waals surface area contributed by atoms with Crippen molar-refractivity contribution in [1.29, 1.82) is 0 Å². The zero-order valence-electron chi connectivity index (χ0n) is 16.5. The Balaban J connectivity index is 2.03. The monoisotopic (exact) mass is 355 g/mol. The van der Waals surface area contributed by atoms with E-state index in [1.54, 1.807) is 7.11 Å². The minimum absolute atomic E-state index is 0.0758. The number of carbonyl (C=O) groups is 1. The van der Waals surface area contributed by atoms with E-state index in [2.05, 4.69) is 34.6 Å². The molecule has 0 aliphatic carbocycles. The second kappa shape index (κ2) is 8.72. The summed E-state index contributed by atoms with van der Waals surface area (Å²) < 4.78 is 5.21. The molecule has 0 aromatic heterocycles. The summed E-state index contributed by atoms with van der Waals surface area (Å²) in [4.78, 5) is 14.5. The molecule has 0 aliphatic rings. The van der Waals surface area contributed by atoms with Gasteiger partial charge in [0, 0.05) is 12.2 Å². The van der Waals surface area contributed by atoms with Crippen LogP contribution in [-0.2, 0) is 0 Å². The second-order valence-electron chi connectivity index (χ2n) is 6.86. The van der Waals surface area contributed by atoms with Crippen LogP contribution in [-0.4, -0.2) is 38.7 Å². The first-order chi connectivity index (χ1) is 12.3. The van der Waals surface area contributed by atoms with Gasteiger partial charge in [-0.1, -0.05) is 29.8 Å². The minimum Gasteiger partial charge on any atom is -0.497 e. The van der Waals surface area contributed by atoms with Crippen molar-refractivity contribution in [1.82, 2.24) is 10.2 Å². The van der Waals surface area contributed by atoms with E-state index >= 15 is 0 Å². The summed E-state index contributed by atoms with van der Waals surface area (Å²) in [5, 5.41) is 5.97. The minimum atomic E-state index is -0.194. The van der Waals surface area contributed by atoms with Gasteiger partial charge in [-0.25, -0.2) is 4.79 Å². The van der Waals surface area contributed by atoms with Crippen LogP contribution in [0.4, 0.5) is 10.5 Å². The third kappa shape index (κ3) is 4.99. The Labute approximate surface area is 156 Å². The summed E-state index contributed by atoms with van der Waals surface area (Å²) >= 11 is 0. The van der Waals surface area contributed by atoms with Gasteiger partial charge in [-0.3, -0.25) is 0 Å². The highest BCUT2D eigenvalue weighted by atomic mass is 16.5. The molecule has 0 fully saturated rings. The molecular weight excluding hydrogens is 326 g/mol. The number of benzene rings is 2. The van der Waals surface area contributed by atoms with Gasteiger partial charge in [0.25, 0.3) is 0 Å². The number of hydrogen-bond acceptors (Lipinski definition) is 3. The number of carbonyl (C=O) groups excluding carboxylic acids is 1. The summed E-state index contributed by atoms with van der Waals surface area (Å²) in [6.45, 7) is 6.58. The highest BCUT2D eigenvalue weighted by molar-refractivity contribution is 5.91. The summed E-state index contributed by atoms with van der Waals surface area (Å²) in [7, 11) is 5.66. The number of nitrogens with zero attached hydrogens (tertiary/aromatic N) is 1. The molecule has 2 aromatic carbocycles. The molecule has 1 atom stereocenters.